The molecule has 0 aliphatic heterocycles. The second-order valence-electron chi connectivity index (χ2n) is 3.88. The van der Waals surface area contributed by atoms with E-state index in [4.69, 9.17) is 23.2 Å². The molecule has 1 rings (SSSR count). The first-order valence-corrected chi connectivity index (χ1v) is 6.44. The fourth-order valence-electron chi connectivity index (χ4n) is 1.36. The van der Waals surface area contributed by atoms with Gasteiger partial charge in [-0.25, -0.2) is 4.98 Å². The van der Waals surface area contributed by atoms with Crippen molar-refractivity contribution in [3.8, 4) is 0 Å². The molecule has 1 unspecified atom stereocenters. The fourth-order valence-corrected chi connectivity index (χ4v) is 1.63. The summed E-state index contributed by atoms with van der Waals surface area (Å²) in [5, 5.41) is 2.51. The minimum atomic E-state index is -0.670. The highest BCUT2D eigenvalue weighted by Crippen LogP contribution is 2.14. The second-order valence-corrected chi connectivity index (χ2v) is 4.62. The van der Waals surface area contributed by atoms with Gasteiger partial charge in [0, 0.05) is 6.54 Å². The summed E-state index contributed by atoms with van der Waals surface area (Å²) in [6.07, 6.45) is 3.11. The van der Waals surface area contributed by atoms with Crippen LogP contribution in [0.5, 0.6) is 0 Å². The van der Waals surface area contributed by atoms with Crippen LogP contribution in [0.4, 0.5) is 0 Å². The van der Waals surface area contributed by atoms with E-state index in [0.29, 0.717) is 6.54 Å². The summed E-state index contributed by atoms with van der Waals surface area (Å²) >= 11 is 11.3. The third-order valence-electron chi connectivity index (χ3n) is 2.53. The lowest BCUT2D eigenvalue weighted by Gasteiger charge is -2.14. The topological polar surface area (TPSA) is 64.0 Å². The van der Waals surface area contributed by atoms with Crippen LogP contribution in [0.25, 0.3) is 0 Å². The number of halogens is 2. The normalized spacial score (nSPS) is 12.2. The summed E-state index contributed by atoms with van der Waals surface area (Å²) in [5.74, 6) is -0.245. The largest absolute Gasteiger partial charge is 0.354 e. The van der Waals surface area contributed by atoms with Gasteiger partial charge in [0.05, 0.1) is 0 Å². The van der Waals surface area contributed by atoms with Gasteiger partial charge in [-0.3, -0.25) is 14.2 Å². The Balaban J connectivity index is 2.84. The molecule has 7 heteroatoms. The molecule has 1 N–H and O–H groups in total. The second kappa shape index (κ2) is 6.75. The standard InChI is InChI=1S/C11H15Cl2N3O2/c1-3-4-5-14-10(17)7(2)16-6-15-9(13)8(12)11(16)18/h6-7H,3-5H2,1-2H3,(H,14,17). The molecule has 100 valence electrons. The Morgan fingerprint density at radius 3 is 2.83 bits per heavy atom. The van der Waals surface area contributed by atoms with Gasteiger partial charge in [0.25, 0.3) is 5.56 Å². The molecular weight excluding hydrogens is 277 g/mol. The summed E-state index contributed by atoms with van der Waals surface area (Å²) < 4.78 is 1.16. The first-order chi connectivity index (χ1) is 8.49. The maximum absolute atomic E-state index is 11.8. The molecule has 0 fully saturated rings. The Bertz CT molecular complexity index is 488. The molecule has 18 heavy (non-hydrogen) atoms. The van der Waals surface area contributed by atoms with Crippen molar-refractivity contribution in [1.29, 1.82) is 0 Å². The van der Waals surface area contributed by atoms with Crippen LogP contribution in [0.3, 0.4) is 0 Å². The number of amides is 1. The zero-order valence-electron chi connectivity index (χ0n) is 10.2. The maximum atomic E-state index is 11.8. The molecule has 1 atom stereocenters. The summed E-state index contributed by atoms with van der Waals surface area (Å²) in [6.45, 7) is 4.22. The van der Waals surface area contributed by atoms with E-state index in [1.54, 1.807) is 6.92 Å². The van der Waals surface area contributed by atoms with Crippen LogP contribution in [-0.4, -0.2) is 22.0 Å². The molecule has 1 amide bonds. The van der Waals surface area contributed by atoms with Crippen molar-refractivity contribution in [3.63, 3.8) is 0 Å². The number of aromatic nitrogens is 2. The SMILES string of the molecule is CCCCNC(=O)C(C)n1cnc(Cl)c(Cl)c1=O. The fraction of sp³-hybridized carbons (Fsp3) is 0.545. The quantitative estimate of drug-likeness (QED) is 0.667. The molecule has 0 spiro atoms. The van der Waals surface area contributed by atoms with E-state index in [2.05, 4.69) is 10.3 Å². The van der Waals surface area contributed by atoms with E-state index in [1.165, 1.54) is 6.33 Å². The first kappa shape index (κ1) is 15.0. The number of carbonyl (C=O) groups excluding carboxylic acids is 1. The average Bonchev–Trinajstić information content (AvgIpc) is 2.35. The Kier molecular flexibility index (Phi) is 5.62. The zero-order chi connectivity index (χ0) is 13.7. The van der Waals surface area contributed by atoms with Crippen molar-refractivity contribution in [1.82, 2.24) is 14.9 Å². The van der Waals surface area contributed by atoms with E-state index >= 15 is 0 Å². The molecule has 0 saturated carbocycles. The molecule has 0 aromatic carbocycles. The molecular formula is C11H15Cl2N3O2. The van der Waals surface area contributed by atoms with Gasteiger partial charge in [-0.2, -0.15) is 0 Å². The van der Waals surface area contributed by atoms with Gasteiger partial charge in [0.15, 0.2) is 5.15 Å². The molecule has 0 bridgehead atoms. The van der Waals surface area contributed by atoms with E-state index in [9.17, 15) is 9.59 Å². The van der Waals surface area contributed by atoms with Crippen LogP contribution in [0.15, 0.2) is 11.1 Å². The van der Waals surface area contributed by atoms with Crippen LogP contribution in [0.2, 0.25) is 10.2 Å². The number of nitrogens with one attached hydrogen (secondary N) is 1. The summed E-state index contributed by atoms with van der Waals surface area (Å²) in [4.78, 5) is 27.3. The van der Waals surface area contributed by atoms with Gasteiger partial charge in [-0.1, -0.05) is 36.5 Å². The summed E-state index contributed by atoms with van der Waals surface area (Å²) in [5.41, 5.74) is -0.519. The van der Waals surface area contributed by atoms with Crippen LogP contribution in [0.1, 0.15) is 32.7 Å². The lowest BCUT2D eigenvalue weighted by Crippen LogP contribution is -2.36. The third-order valence-corrected chi connectivity index (χ3v) is 3.25. The molecule has 0 aliphatic rings. The summed E-state index contributed by atoms with van der Waals surface area (Å²) in [6, 6.07) is -0.670. The van der Waals surface area contributed by atoms with Crippen molar-refractivity contribution in [2.75, 3.05) is 6.54 Å². The van der Waals surface area contributed by atoms with Crippen LogP contribution >= 0.6 is 23.2 Å². The highest BCUT2D eigenvalue weighted by Gasteiger charge is 2.18. The number of carbonyl (C=O) groups is 1. The lowest BCUT2D eigenvalue weighted by molar-refractivity contribution is -0.123. The molecule has 1 aromatic heterocycles. The first-order valence-electron chi connectivity index (χ1n) is 5.68. The van der Waals surface area contributed by atoms with Crippen molar-refractivity contribution < 1.29 is 4.79 Å². The zero-order valence-corrected chi connectivity index (χ0v) is 11.8. The number of hydrogen-bond donors (Lipinski definition) is 1. The van der Waals surface area contributed by atoms with Crippen molar-refractivity contribution in [3.05, 3.63) is 26.9 Å². The molecule has 1 heterocycles. The highest BCUT2D eigenvalue weighted by molar-refractivity contribution is 6.40. The summed E-state index contributed by atoms with van der Waals surface area (Å²) in [7, 11) is 0. The molecule has 5 nitrogen and oxygen atoms in total. The maximum Gasteiger partial charge on any atom is 0.274 e. The van der Waals surface area contributed by atoms with E-state index in [1.807, 2.05) is 6.92 Å². The van der Waals surface area contributed by atoms with Gasteiger partial charge in [-0.05, 0) is 13.3 Å². The molecule has 0 aliphatic carbocycles. The average molecular weight is 292 g/mol. The predicted octanol–water partition coefficient (Wildman–Crippen LogP) is 2.03. The number of hydrogen-bond acceptors (Lipinski definition) is 3. The lowest BCUT2D eigenvalue weighted by atomic mass is 10.3. The minimum Gasteiger partial charge on any atom is -0.354 e. The van der Waals surface area contributed by atoms with Gasteiger partial charge in [0.1, 0.15) is 17.4 Å². The number of nitrogens with zero attached hydrogens (tertiary/aromatic N) is 2. The minimum absolute atomic E-state index is 0.0588. The van der Waals surface area contributed by atoms with Crippen molar-refractivity contribution in [2.45, 2.75) is 32.7 Å². The molecule has 1 aromatic rings. The molecule has 0 radical (unpaired) electrons. The van der Waals surface area contributed by atoms with E-state index in [-0.39, 0.29) is 16.1 Å². The third kappa shape index (κ3) is 3.46. The van der Waals surface area contributed by atoms with Gasteiger partial charge in [-0.15, -0.1) is 0 Å². The Morgan fingerprint density at radius 1 is 1.56 bits per heavy atom. The predicted molar refractivity (Wildman–Crippen MR) is 71.1 cm³/mol. The number of unbranched alkanes of at least 4 members (excludes halogenated alkanes) is 1. The van der Waals surface area contributed by atoms with Crippen molar-refractivity contribution in [2.24, 2.45) is 0 Å². The monoisotopic (exact) mass is 291 g/mol. The number of rotatable bonds is 5. The van der Waals surface area contributed by atoms with Crippen LogP contribution in [0, 0.1) is 0 Å². The van der Waals surface area contributed by atoms with E-state index < -0.39 is 11.6 Å². The van der Waals surface area contributed by atoms with Crippen molar-refractivity contribution >= 4 is 29.1 Å². The Labute approximate surface area is 115 Å². The smallest absolute Gasteiger partial charge is 0.274 e. The van der Waals surface area contributed by atoms with Crippen LogP contribution < -0.4 is 10.9 Å². The highest BCUT2D eigenvalue weighted by atomic mass is 35.5. The Morgan fingerprint density at radius 2 is 2.22 bits per heavy atom. The van der Waals surface area contributed by atoms with Gasteiger partial charge >= 0.3 is 0 Å². The van der Waals surface area contributed by atoms with Crippen LogP contribution in [-0.2, 0) is 4.79 Å². The Hall–Kier alpha value is -1.07. The van der Waals surface area contributed by atoms with Gasteiger partial charge in [0.2, 0.25) is 5.91 Å². The van der Waals surface area contributed by atoms with E-state index in [0.717, 1.165) is 17.4 Å². The van der Waals surface area contributed by atoms with Gasteiger partial charge < -0.3 is 5.32 Å². The molecule has 0 saturated heterocycles.